The number of alkyl halides is 2. The zero-order valence-electron chi connectivity index (χ0n) is 27.4. The molecule has 0 unspecified atom stereocenters. The van der Waals surface area contributed by atoms with Crippen LogP contribution in [-0.2, 0) is 10.0 Å². The molecule has 0 radical (unpaired) electrons. The monoisotopic (exact) mass is 694 g/mol. The molecule has 7 rings (SSSR count). The molecular weight excluding hydrogens is 654 g/mol. The number of nitrogens with one attached hydrogen (secondary N) is 2. The molecule has 16 heteroatoms. The first-order valence-electron chi connectivity index (χ1n) is 16.7. The molecule has 0 spiro atoms. The number of piperidine rings is 1. The summed E-state index contributed by atoms with van der Waals surface area (Å²) < 4.78 is 53.6. The standard InChI is InChI=1S/C33H40F2N10O3S/c1-32(2,46)22-3-5-23(6-4-22)41-26-15-29(38-17-25(26)27-18-39-30(19-37-27)44-13-10-33(34,35)11-14-44)42-28-9-12-36-31(43-28)21-16-40-45(20-21)49(47,48)24-7-8-24/h9,12,15-20,22-24,46H,3-8,10-11,13-14H2,1-2H3,(H2,36,38,41,42,43). The second kappa shape index (κ2) is 12.9. The van der Waals surface area contributed by atoms with Crippen LogP contribution in [0.2, 0.25) is 0 Å². The topological polar surface area (TPSA) is 164 Å². The van der Waals surface area contributed by atoms with Crippen molar-refractivity contribution >= 4 is 33.2 Å². The van der Waals surface area contributed by atoms with Crippen LogP contribution in [-0.4, -0.2) is 83.5 Å². The minimum absolute atomic E-state index is 0.156. The van der Waals surface area contributed by atoms with Crippen molar-refractivity contribution in [2.45, 2.75) is 88.0 Å². The molecule has 0 amide bonds. The van der Waals surface area contributed by atoms with E-state index in [2.05, 4.69) is 40.7 Å². The average Bonchev–Trinajstić information content (AvgIpc) is 3.82. The van der Waals surface area contributed by atoms with Crippen LogP contribution < -0.4 is 15.5 Å². The molecule has 49 heavy (non-hydrogen) atoms. The summed E-state index contributed by atoms with van der Waals surface area (Å²) in [5.74, 6) is -0.592. The van der Waals surface area contributed by atoms with Crippen molar-refractivity contribution in [2.75, 3.05) is 28.6 Å². The number of hydrogen-bond donors (Lipinski definition) is 3. The van der Waals surface area contributed by atoms with Crippen molar-refractivity contribution in [3.63, 3.8) is 0 Å². The third-order valence-electron chi connectivity index (χ3n) is 9.66. The van der Waals surface area contributed by atoms with Crippen LogP contribution in [0.15, 0.2) is 49.3 Å². The Morgan fingerprint density at radius 2 is 1.69 bits per heavy atom. The van der Waals surface area contributed by atoms with Gasteiger partial charge in [-0.25, -0.2) is 37.1 Å². The Hall–Kier alpha value is -4.31. The Morgan fingerprint density at radius 3 is 2.37 bits per heavy atom. The van der Waals surface area contributed by atoms with E-state index in [1.807, 2.05) is 24.8 Å². The molecule has 3 fully saturated rings. The van der Waals surface area contributed by atoms with E-state index >= 15 is 0 Å². The van der Waals surface area contributed by atoms with E-state index in [0.717, 1.165) is 41.0 Å². The molecule has 5 heterocycles. The fourth-order valence-electron chi connectivity index (χ4n) is 6.47. The number of pyridine rings is 1. The van der Waals surface area contributed by atoms with Crippen LogP contribution in [0.4, 0.5) is 31.9 Å². The van der Waals surface area contributed by atoms with Gasteiger partial charge in [0.25, 0.3) is 15.9 Å². The van der Waals surface area contributed by atoms with E-state index in [9.17, 15) is 22.3 Å². The summed E-state index contributed by atoms with van der Waals surface area (Å²) in [7, 11) is -3.51. The van der Waals surface area contributed by atoms with E-state index in [1.54, 1.807) is 30.9 Å². The molecule has 2 aliphatic carbocycles. The first kappa shape index (κ1) is 33.2. The lowest BCUT2D eigenvalue weighted by atomic mass is 9.77. The Morgan fingerprint density at radius 1 is 0.939 bits per heavy atom. The Bertz CT molecular complexity index is 1890. The predicted molar refractivity (Wildman–Crippen MR) is 181 cm³/mol. The van der Waals surface area contributed by atoms with Crippen molar-refractivity contribution in [3.8, 4) is 22.6 Å². The summed E-state index contributed by atoms with van der Waals surface area (Å²) >= 11 is 0. The molecule has 13 nitrogen and oxygen atoms in total. The van der Waals surface area contributed by atoms with Crippen LogP contribution >= 0.6 is 0 Å². The van der Waals surface area contributed by atoms with Gasteiger partial charge in [0.2, 0.25) is 0 Å². The van der Waals surface area contributed by atoms with Crippen LogP contribution in [0.5, 0.6) is 0 Å². The fraction of sp³-hybridized carbons (Fsp3) is 0.515. The lowest BCUT2D eigenvalue weighted by Gasteiger charge is -2.36. The molecular formula is C33H40F2N10O3S. The smallest absolute Gasteiger partial charge is 0.256 e. The van der Waals surface area contributed by atoms with Crippen LogP contribution in [0.25, 0.3) is 22.6 Å². The quantitative estimate of drug-likeness (QED) is 0.198. The zero-order valence-corrected chi connectivity index (χ0v) is 28.2. The Labute approximate surface area is 283 Å². The average molecular weight is 695 g/mol. The number of aliphatic hydroxyl groups is 1. The summed E-state index contributed by atoms with van der Waals surface area (Å²) in [4.78, 5) is 24.6. The number of nitrogens with zero attached hydrogens (tertiary/aromatic N) is 8. The number of rotatable bonds is 10. The lowest BCUT2D eigenvalue weighted by molar-refractivity contribution is -0.0221. The largest absolute Gasteiger partial charge is 0.390 e. The third-order valence-corrected chi connectivity index (χ3v) is 11.7. The van der Waals surface area contributed by atoms with Crippen molar-refractivity contribution in [3.05, 3.63) is 49.3 Å². The minimum atomic E-state index is -3.51. The highest BCUT2D eigenvalue weighted by molar-refractivity contribution is 7.90. The molecule has 3 aliphatic rings. The molecule has 3 N–H and O–H groups in total. The lowest BCUT2D eigenvalue weighted by Crippen LogP contribution is -2.39. The van der Waals surface area contributed by atoms with Gasteiger partial charge in [0.1, 0.15) is 17.5 Å². The van der Waals surface area contributed by atoms with E-state index in [-0.39, 0.29) is 37.9 Å². The first-order chi connectivity index (χ1) is 23.3. The number of hydrogen-bond acceptors (Lipinski definition) is 12. The van der Waals surface area contributed by atoms with Gasteiger partial charge in [-0.05, 0) is 64.4 Å². The number of anilines is 4. The highest BCUT2D eigenvalue weighted by Crippen LogP contribution is 2.37. The van der Waals surface area contributed by atoms with Gasteiger partial charge in [0, 0.05) is 61.7 Å². The molecule has 4 aromatic rings. The van der Waals surface area contributed by atoms with Gasteiger partial charge in [-0.3, -0.25) is 4.98 Å². The van der Waals surface area contributed by atoms with Crippen molar-refractivity contribution in [2.24, 2.45) is 5.92 Å². The maximum absolute atomic E-state index is 13.7. The van der Waals surface area contributed by atoms with Crippen LogP contribution in [0, 0.1) is 5.92 Å². The van der Waals surface area contributed by atoms with Gasteiger partial charge in [0.15, 0.2) is 5.82 Å². The van der Waals surface area contributed by atoms with E-state index in [0.29, 0.717) is 47.4 Å². The maximum Gasteiger partial charge on any atom is 0.256 e. The predicted octanol–water partition coefficient (Wildman–Crippen LogP) is 5.25. The van der Waals surface area contributed by atoms with Gasteiger partial charge in [-0.1, -0.05) is 0 Å². The molecule has 0 bridgehead atoms. The summed E-state index contributed by atoms with van der Waals surface area (Å²) in [6.45, 7) is 4.16. The summed E-state index contributed by atoms with van der Waals surface area (Å²) in [6.07, 6.45) is 13.8. The van der Waals surface area contributed by atoms with Gasteiger partial charge in [-0.2, -0.15) is 9.19 Å². The molecule has 260 valence electrons. The molecule has 1 aliphatic heterocycles. The SMILES string of the molecule is CC(C)(O)C1CCC(Nc2cc(Nc3ccnc(-c4cnn(S(=O)(=O)C5CC5)c4)n3)ncc2-c2cnc(N3CCC(F)(F)CC3)cn2)CC1. The molecule has 0 aromatic carbocycles. The Balaban J connectivity index is 1.12. The second-order valence-corrected chi connectivity index (χ2v) is 15.9. The first-order valence-corrected chi connectivity index (χ1v) is 18.2. The summed E-state index contributed by atoms with van der Waals surface area (Å²) in [5, 5.41) is 21.1. The van der Waals surface area contributed by atoms with Crippen molar-refractivity contribution in [1.82, 2.24) is 34.1 Å². The maximum atomic E-state index is 13.7. The van der Waals surface area contributed by atoms with E-state index < -0.39 is 26.8 Å². The van der Waals surface area contributed by atoms with Gasteiger partial charge < -0.3 is 20.6 Å². The number of aromatic nitrogens is 7. The van der Waals surface area contributed by atoms with E-state index in [1.165, 1.54) is 12.4 Å². The second-order valence-electron chi connectivity index (χ2n) is 13.8. The van der Waals surface area contributed by atoms with Crippen molar-refractivity contribution < 1.29 is 22.3 Å². The minimum Gasteiger partial charge on any atom is -0.390 e. The normalized spacial score (nSPS) is 21.4. The fourth-order valence-corrected chi connectivity index (χ4v) is 7.95. The van der Waals surface area contributed by atoms with Crippen LogP contribution in [0.1, 0.15) is 65.2 Å². The van der Waals surface area contributed by atoms with Gasteiger partial charge >= 0.3 is 0 Å². The van der Waals surface area contributed by atoms with Gasteiger partial charge in [-0.15, -0.1) is 0 Å². The van der Waals surface area contributed by atoms with Crippen LogP contribution in [0.3, 0.4) is 0 Å². The Kier molecular flexibility index (Phi) is 8.71. The van der Waals surface area contributed by atoms with E-state index in [4.69, 9.17) is 0 Å². The van der Waals surface area contributed by atoms with Crippen molar-refractivity contribution in [1.29, 1.82) is 0 Å². The highest BCUT2D eigenvalue weighted by atomic mass is 32.2. The summed E-state index contributed by atoms with van der Waals surface area (Å²) in [5.41, 5.74) is 1.84. The summed E-state index contributed by atoms with van der Waals surface area (Å²) in [6, 6.07) is 3.72. The molecule has 1 saturated heterocycles. The molecule has 0 atom stereocenters. The molecule has 4 aromatic heterocycles. The highest BCUT2D eigenvalue weighted by Gasteiger charge is 2.38. The molecule has 2 saturated carbocycles. The third kappa shape index (κ3) is 7.49. The zero-order chi connectivity index (χ0) is 34.4. The van der Waals surface area contributed by atoms with Gasteiger partial charge in [0.05, 0.1) is 46.9 Å². The number of halogens is 2.